The van der Waals surface area contributed by atoms with Crippen LogP contribution in [0.15, 0.2) is 29.8 Å². The maximum Gasteiger partial charge on any atom is 0.256 e. The molecule has 19 heavy (non-hydrogen) atoms. The van der Waals surface area contributed by atoms with Gasteiger partial charge in [-0.2, -0.15) is 0 Å². The van der Waals surface area contributed by atoms with Gasteiger partial charge in [0.1, 0.15) is 0 Å². The molecule has 1 fully saturated rings. The highest BCUT2D eigenvalue weighted by Gasteiger charge is 2.28. The molecule has 3 nitrogen and oxygen atoms in total. The Hall–Kier alpha value is -1.90. The number of carbonyl (C=O) groups excluding carboxylic acids is 2. The van der Waals surface area contributed by atoms with Crippen molar-refractivity contribution < 1.29 is 9.59 Å². The fraction of sp³-hybridized carbons (Fsp3) is 0.375. The van der Waals surface area contributed by atoms with Gasteiger partial charge < -0.3 is 0 Å². The molecule has 1 aromatic rings. The number of likely N-dealkylation sites (tertiary alicyclic amines) is 1. The third-order valence-electron chi connectivity index (χ3n) is 3.45. The summed E-state index contributed by atoms with van der Waals surface area (Å²) in [7, 11) is 0. The number of amides is 2. The van der Waals surface area contributed by atoms with Crippen molar-refractivity contribution in [2.24, 2.45) is 0 Å². The van der Waals surface area contributed by atoms with Gasteiger partial charge in [0.25, 0.3) is 5.91 Å². The number of hydrogen-bond donors (Lipinski definition) is 0. The van der Waals surface area contributed by atoms with Gasteiger partial charge in [0.15, 0.2) is 0 Å². The smallest absolute Gasteiger partial charge is 0.256 e. The Morgan fingerprint density at radius 3 is 2.37 bits per heavy atom. The summed E-state index contributed by atoms with van der Waals surface area (Å²) >= 11 is 0. The average molecular weight is 257 g/mol. The van der Waals surface area contributed by atoms with E-state index in [1.807, 2.05) is 18.2 Å². The summed E-state index contributed by atoms with van der Waals surface area (Å²) in [6, 6.07) is 8.20. The first-order chi connectivity index (χ1) is 8.99. The quantitative estimate of drug-likeness (QED) is 0.764. The molecule has 1 heterocycles. The van der Waals surface area contributed by atoms with Crippen molar-refractivity contribution in [1.29, 1.82) is 0 Å². The lowest BCUT2D eigenvalue weighted by molar-refractivity contribution is -0.138. The predicted molar refractivity (Wildman–Crippen MR) is 75.5 cm³/mol. The van der Waals surface area contributed by atoms with Crippen LogP contribution in [0.5, 0.6) is 0 Å². The van der Waals surface area contributed by atoms with E-state index in [4.69, 9.17) is 0 Å². The van der Waals surface area contributed by atoms with Crippen LogP contribution in [0.4, 0.5) is 0 Å². The van der Waals surface area contributed by atoms with Crippen molar-refractivity contribution in [3.8, 4) is 0 Å². The first-order valence-electron chi connectivity index (χ1n) is 6.62. The molecular formula is C16H19NO2. The van der Waals surface area contributed by atoms with Gasteiger partial charge in [0.05, 0.1) is 0 Å². The van der Waals surface area contributed by atoms with Crippen LogP contribution in [-0.2, 0) is 9.59 Å². The lowest BCUT2D eigenvalue weighted by atomic mass is 10.0. The molecule has 1 aliphatic heterocycles. The summed E-state index contributed by atoms with van der Waals surface area (Å²) in [6.07, 6.45) is 2.53. The molecule has 0 N–H and O–H groups in total. The zero-order valence-electron chi connectivity index (χ0n) is 11.6. The molecule has 100 valence electrons. The molecule has 3 heteroatoms. The summed E-state index contributed by atoms with van der Waals surface area (Å²) in [5, 5.41) is 0. The van der Waals surface area contributed by atoms with E-state index in [0.29, 0.717) is 24.5 Å². The summed E-state index contributed by atoms with van der Waals surface area (Å²) in [4.78, 5) is 24.5. The Bertz CT molecular complexity index is 526. The minimum absolute atomic E-state index is 0.152. The SMILES string of the molecule is CC(=O)N1CC/C(=C/c2ccc(C(C)C)cc2)C1=O. The van der Waals surface area contributed by atoms with Crippen LogP contribution in [-0.4, -0.2) is 23.3 Å². The van der Waals surface area contributed by atoms with Gasteiger partial charge in [0.2, 0.25) is 5.91 Å². The third kappa shape index (κ3) is 2.92. The van der Waals surface area contributed by atoms with Gasteiger partial charge in [-0.25, -0.2) is 0 Å². The van der Waals surface area contributed by atoms with Crippen LogP contribution in [0.2, 0.25) is 0 Å². The van der Waals surface area contributed by atoms with Crippen LogP contribution < -0.4 is 0 Å². The predicted octanol–water partition coefficient (Wildman–Crippen LogP) is 2.97. The molecule has 0 radical (unpaired) electrons. The minimum Gasteiger partial charge on any atom is -0.279 e. The van der Waals surface area contributed by atoms with Crippen LogP contribution >= 0.6 is 0 Å². The largest absolute Gasteiger partial charge is 0.279 e. The highest BCUT2D eigenvalue weighted by atomic mass is 16.2. The molecule has 0 bridgehead atoms. The molecule has 2 rings (SSSR count). The van der Waals surface area contributed by atoms with Gasteiger partial charge in [-0.3, -0.25) is 14.5 Å². The lowest BCUT2D eigenvalue weighted by Gasteiger charge is -2.08. The second kappa shape index (κ2) is 5.39. The van der Waals surface area contributed by atoms with Crippen LogP contribution in [0, 0.1) is 0 Å². The molecule has 0 aliphatic carbocycles. The molecule has 0 unspecified atom stereocenters. The molecule has 0 atom stereocenters. The molecule has 0 saturated carbocycles. The lowest BCUT2D eigenvalue weighted by Crippen LogP contribution is -2.29. The normalized spacial score (nSPS) is 17.6. The number of benzene rings is 1. The van der Waals surface area contributed by atoms with E-state index in [9.17, 15) is 9.59 Å². The van der Waals surface area contributed by atoms with Crippen molar-refractivity contribution in [2.45, 2.75) is 33.1 Å². The van der Waals surface area contributed by atoms with Gasteiger partial charge >= 0.3 is 0 Å². The van der Waals surface area contributed by atoms with Crippen LogP contribution in [0.1, 0.15) is 44.2 Å². The molecule has 1 saturated heterocycles. The molecule has 0 spiro atoms. The summed E-state index contributed by atoms with van der Waals surface area (Å²) < 4.78 is 0. The van der Waals surface area contributed by atoms with E-state index in [2.05, 4.69) is 26.0 Å². The number of nitrogens with zero attached hydrogens (tertiary/aromatic N) is 1. The van der Waals surface area contributed by atoms with Crippen LogP contribution in [0.3, 0.4) is 0 Å². The van der Waals surface area contributed by atoms with Gasteiger partial charge in [-0.15, -0.1) is 0 Å². The van der Waals surface area contributed by atoms with Gasteiger partial charge in [0, 0.05) is 19.0 Å². The third-order valence-corrected chi connectivity index (χ3v) is 3.45. The standard InChI is InChI=1S/C16H19NO2/c1-11(2)14-6-4-13(5-7-14)10-15-8-9-17(12(3)18)16(15)19/h4-7,10-11H,8-9H2,1-3H3/b15-10-. The minimum atomic E-state index is -0.177. The zero-order chi connectivity index (χ0) is 14.0. The number of carbonyl (C=O) groups is 2. The number of imide groups is 1. The highest BCUT2D eigenvalue weighted by Crippen LogP contribution is 2.21. The highest BCUT2D eigenvalue weighted by molar-refractivity contribution is 6.08. The molecule has 1 aromatic carbocycles. The van der Waals surface area contributed by atoms with Crippen molar-refractivity contribution >= 4 is 17.9 Å². The average Bonchev–Trinajstić information content (AvgIpc) is 2.72. The van der Waals surface area contributed by atoms with E-state index >= 15 is 0 Å². The Morgan fingerprint density at radius 1 is 1.26 bits per heavy atom. The maximum atomic E-state index is 12.0. The van der Waals surface area contributed by atoms with Crippen molar-refractivity contribution in [1.82, 2.24) is 4.90 Å². The van der Waals surface area contributed by atoms with Crippen molar-refractivity contribution in [3.63, 3.8) is 0 Å². The van der Waals surface area contributed by atoms with E-state index in [1.165, 1.54) is 17.4 Å². The second-order valence-corrected chi connectivity index (χ2v) is 5.22. The van der Waals surface area contributed by atoms with E-state index in [-0.39, 0.29) is 11.8 Å². The van der Waals surface area contributed by atoms with E-state index in [0.717, 1.165) is 5.56 Å². The first kappa shape index (κ1) is 13.5. The summed E-state index contributed by atoms with van der Waals surface area (Å²) in [5.41, 5.74) is 3.01. The van der Waals surface area contributed by atoms with E-state index < -0.39 is 0 Å². The van der Waals surface area contributed by atoms with Crippen molar-refractivity contribution in [2.75, 3.05) is 6.54 Å². The maximum absolute atomic E-state index is 12.0. The molecular weight excluding hydrogens is 238 g/mol. The van der Waals surface area contributed by atoms with Gasteiger partial charge in [-0.05, 0) is 29.5 Å². The monoisotopic (exact) mass is 257 g/mol. The molecule has 2 amide bonds. The Morgan fingerprint density at radius 2 is 1.89 bits per heavy atom. The Balaban J connectivity index is 2.18. The fourth-order valence-corrected chi connectivity index (χ4v) is 2.23. The van der Waals surface area contributed by atoms with E-state index in [1.54, 1.807) is 0 Å². The number of hydrogen-bond acceptors (Lipinski definition) is 2. The zero-order valence-corrected chi connectivity index (χ0v) is 11.6. The van der Waals surface area contributed by atoms with Gasteiger partial charge in [-0.1, -0.05) is 38.1 Å². The Kier molecular flexibility index (Phi) is 3.84. The summed E-state index contributed by atoms with van der Waals surface area (Å²) in [5.74, 6) is 0.173. The molecule has 1 aliphatic rings. The van der Waals surface area contributed by atoms with Crippen molar-refractivity contribution in [3.05, 3.63) is 41.0 Å². The topological polar surface area (TPSA) is 37.4 Å². The van der Waals surface area contributed by atoms with Crippen LogP contribution in [0.25, 0.3) is 6.08 Å². The Labute approximate surface area is 113 Å². The molecule has 0 aromatic heterocycles. The second-order valence-electron chi connectivity index (χ2n) is 5.22. The number of rotatable bonds is 2. The fourth-order valence-electron chi connectivity index (χ4n) is 2.23. The summed E-state index contributed by atoms with van der Waals surface area (Å²) in [6.45, 7) is 6.24. The first-order valence-corrected chi connectivity index (χ1v) is 6.62.